The molecule has 156 valence electrons. The van der Waals surface area contributed by atoms with E-state index in [9.17, 15) is 13.2 Å². The Morgan fingerprint density at radius 2 is 2.00 bits per heavy atom. The molecule has 2 atom stereocenters. The van der Waals surface area contributed by atoms with Crippen molar-refractivity contribution >= 4 is 33.1 Å². The van der Waals surface area contributed by atoms with Crippen molar-refractivity contribution in [3.8, 4) is 0 Å². The maximum Gasteiger partial charge on any atom is 0.263 e. The second-order valence-corrected chi connectivity index (χ2v) is 10.00. The highest BCUT2D eigenvalue weighted by atomic mass is 32.2. The SMILES string of the molecule is CC[C@H](C)[C@H](N=C1NS(=O)(=O)c2ccccc21)C(=O)NCc1csc(C(C)C)n1. The van der Waals surface area contributed by atoms with Crippen molar-refractivity contribution in [2.24, 2.45) is 10.9 Å². The quantitative estimate of drug-likeness (QED) is 0.699. The fourth-order valence-electron chi connectivity index (χ4n) is 2.99. The highest BCUT2D eigenvalue weighted by molar-refractivity contribution is 7.90. The summed E-state index contributed by atoms with van der Waals surface area (Å²) in [4.78, 5) is 22.1. The van der Waals surface area contributed by atoms with E-state index in [1.807, 2.05) is 19.2 Å². The van der Waals surface area contributed by atoms with Gasteiger partial charge in [0.15, 0.2) is 0 Å². The Balaban J connectivity index is 1.81. The van der Waals surface area contributed by atoms with E-state index in [2.05, 4.69) is 33.9 Å². The highest BCUT2D eigenvalue weighted by Gasteiger charge is 2.33. The third-order valence-electron chi connectivity index (χ3n) is 4.89. The van der Waals surface area contributed by atoms with E-state index in [-0.39, 0.29) is 22.6 Å². The molecule has 0 saturated heterocycles. The van der Waals surface area contributed by atoms with Crippen molar-refractivity contribution in [1.82, 2.24) is 15.0 Å². The number of aliphatic imine (C=N–C) groups is 1. The minimum absolute atomic E-state index is 0.0542. The van der Waals surface area contributed by atoms with Gasteiger partial charge in [-0.3, -0.25) is 14.5 Å². The van der Waals surface area contributed by atoms with Crippen LogP contribution in [-0.4, -0.2) is 31.2 Å². The van der Waals surface area contributed by atoms with Gasteiger partial charge in [-0.25, -0.2) is 13.4 Å². The van der Waals surface area contributed by atoms with E-state index in [1.54, 1.807) is 29.5 Å². The number of aromatic nitrogens is 1. The molecule has 9 heteroatoms. The zero-order chi connectivity index (χ0) is 21.2. The van der Waals surface area contributed by atoms with Gasteiger partial charge >= 0.3 is 0 Å². The van der Waals surface area contributed by atoms with Gasteiger partial charge in [-0.05, 0) is 18.1 Å². The molecule has 3 rings (SSSR count). The summed E-state index contributed by atoms with van der Waals surface area (Å²) in [5, 5.41) is 5.88. The number of hydrogen-bond acceptors (Lipinski definition) is 6. The van der Waals surface area contributed by atoms with Crippen LogP contribution < -0.4 is 10.0 Å². The van der Waals surface area contributed by atoms with Crippen LogP contribution in [0.1, 0.15) is 56.3 Å². The normalized spacial score (nSPS) is 18.3. The third kappa shape index (κ3) is 4.67. The molecular formula is C20H26N4O3S2. The molecule has 1 aliphatic heterocycles. The molecule has 0 unspecified atom stereocenters. The number of sulfonamides is 1. The lowest BCUT2D eigenvalue weighted by atomic mass is 9.98. The number of rotatable bonds is 7. The number of amides is 1. The molecule has 1 aromatic heterocycles. The van der Waals surface area contributed by atoms with Crippen LogP contribution in [0.5, 0.6) is 0 Å². The summed E-state index contributed by atoms with van der Waals surface area (Å²) in [7, 11) is -3.64. The van der Waals surface area contributed by atoms with Crippen LogP contribution in [0.25, 0.3) is 0 Å². The number of carbonyl (C=O) groups excluding carboxylic acids is 1. The summed E-state index contributed by atoms with van der Waals surface area (Å²) in [6.45, 7) is 8.40. The molecular weight excluding hydrogens is 408 g/mol. The van der Waals surface area contributed by atoms with Gasteiger partial charge in [-0.1, -0.05) is 46.2 Å². The first-order valence-corrected chi connectivity index (χ1v) is 12.0. The van der Waals surface area contributed by atoms with Gasteiger partial charge in [0.25, 0.3) is 10.0 Å². The Labute approximate surface area is 175 Å². The summed E-state index contributed by atoms with van der Waals surface area (Å²) in [6, 6.07) is 5.95. The van der Waals surface area contributed by atoms with Gasteiger partial charge < -0.3 is 5.32 Å². The Kier molecular flexibility index (Phi) is 6.38. The van der Waals surface area contributed by atoms with Crippen LogP contribution in [0.3, 0.4) is 0 Å². The van der Waals surface area contributed by atoms with Gasteiger partial charge in [0, 0.05) is 16.9 Å². The zero-order valence-electron chi connectivity index (χ0n) is 17.0. The molecule has 0 aliphatic carbocycles. The monoisotopic (exact) mass is 434 g/mol. The van der Waals surface area contributed by atoms with Crippen molar-refractivity contribution in [3.05, 3.63) is 45.9 Å². The summed E-state index contributed by atoms with van der Waals surface area (Å²) in [6.07, 6.45) is 0.734. The molecule has 0 bridgehead atoms. The lowest BCUT2D eigenvalue weighted by Gasteiger charge is -2.19. The standard InChI is InChI=1S/C20H26N4O3S2/c1-5-13(4)17(19(25)21-10-14-11-28-20(22-14)12(2)3)23-18-15-8-6-7-9-16(15)29(26,27)24-18/h6-9,11-13,17H,5,10H2,1-4H3,(H,21,25)(H,23,24)/t13-,17-/m0/s1. The van der Waals surface area contributed by atoms with Crippen molar-refractivity contribution in [2.45, 2.75) is 57.5 Å². The number of thiazole rings is 1. The molecule has 1 amide bonds. The smallest absolute Gasteiger partial charge is 0.263 e. The fourth-order valence-corrected chi connectivity index (χ4v) is 5.06. The number of amidine groups is 1. The van der Waals surface area contributed by atoms with E-state index in [0.29, 0.717) is 18.0 Å². The third-order valence-corrected chi connectivity index (χ3v) is 7.48. The summed E-state index contributed by atoms with van der Waals surface area (Å²) < 4.78 is 27.1. The van der Waals surface area contributed by atoms with Crippen molar-refractivity contribution in [1.29, 1.82) is 0 Å². The maximum absolute atomic E-state index is 12.9. The number of fused-ring (bicyclic) bond motifs is 1. The minimum atomic E-state index is -3.64. The van der Waals surface area contributed by atoms with E-state index >= 15 is 0 Å². The summed E-state index contributed by atoms with van der Waals surface area (Å²) in [5.41, 5.74) is 1.31. The maximum atomic E-state index is 12.9. The molecule has 2 aromatic rings. The van der Waals surface area contributed by atoms with Crippen LogP contribution >= 0.6 is 11.3 Å². The van der Waals surface area contributed by atoms with Crippen molar-refractivity contribution < 1.29 is 13.2 Å². The van der Waals surface area contributed by atoms with Crippen LogP contribution in [0.4, 0.5) is 0 Å². The van der Waals surface area contributed by atoms with Crippen LogP contribution in [0.15, 0.2) is 39.5 Å². The largest absolute Gasteiger partial charge is 0.349 e. The van der Waals surface area contributed by atoms with Crippen LogP contribution in [0.2, 0.25) is 0 Å². The number of hydrogen-bond donors (Lipinski definition) is 2. The summed E-state index contributed by atoms with van der Waals surface area (Å²) in [5.74, 6) is 0.270. The first-order chi connectivity index (χ1) is 13.7. The molecule has 7 nitrogen and oxygen atoms in total. The average molecular weight is 435 g/mol. The Morgan fingerprint density at radius 1 is 1.28 bits per heavy atom. The first kappa shape index (κ1) is 21.4. The minimum Gasteiger partial charge on any atom is -0.349 e. The predicted octanol–water partition coefficient (Wildman–Crippen LogP) is 3.04. The number of benzene rings is 1. The number of nitrogens with zero attached hydrogens (tertiary/aromatic N) is 2. The average Bonchev–Trinajstić information content (AvgIpc) is 3.27. The first-order valence-electron chi connectivity index (χ1n) is 9.65. The van der Waals surface area contributed by atoms with Gasteiger partial charge in [0.2, 0.25) is 5.91 Å². The predicted molar refractivity (Wildman–Crippen MR) is 115 cm³/mol. The molecule has 0 spiro atoms. The number of carbonyl (C=O) groups is 1. The molecule has 0 radical (unpaired) electrons. The Bertz CT molecular complexity index is 1030. The molecule has 29 heavy (non-hydrogen) atoms. The van der Waals surface area contributed by atoms with Gasteiger partial charge in [-0.2, -0.15) is 0 Å². The topological polar surface area (TPSA) is 101 Å². The van der Waals surface area contributed by atoms with E-state index in [1.165, 1.54) is 6.07 Å². The summed E-state index contributed by atoms with van der Waals surface area (Å²) >= 11 is 1.58. The van der Waals surface area contributed by atoms with E-state index in [0.717, 1.165) is 17.1 Å². The van der Waals surface area contributed by atoms with E-state index in [4.69, 9.17) is 0 Å². The lowest BCUT2D eigenvalue weighted by molar-refractivity contribution is -0.123. The van der Waals surface area contributed by atoms with Crippen LogP contribution in [0, 0.1) is 5.92 Å². The van der Waals surface area contributed by atoms with Crippen molar-refractivity contribution in [3.63, 3.8) is 0 Å². The second-order valence-electron chi connectivity index (χ2n) is 7.46. The second kappa shape index (κ2) is 8.62. The highest BCUT2D eigenvalue weighted by Crippen LogP contribution is 2.24. The zero-order valence-corrected chi connectivity index (χ0v) is 18.6. The Morgan fingerprint density at radius 3 is 2.66 bits per heavy atom. The molecule has 0 saturated carbocycles. The van der Waals surface area contributed by atoms with Gasteiger partial charge in [0.05, 0.1) is 22.1 Å². The molecule has 2 heterocycles. The van der Waals surface area contributed by atoms with Gasteiger partial charge in [0.1, 0.15) is 11.9 Å². The molecule has 1 aliphatic rings. The molecule has 2 N–H and O–H groups in total. The Hall–Kier alpha value is -2.26. The van der Waals surface area contributed by atoms with E-state index < -0.39 is 16.1 Å². The number of nitrogens with one attached hydrogen (secondary N) is 2. The molecule has 0 fully saturated rings. The molecule has 1 aromatic carbocycles. The van der Waals surface area contributed by atoms with Crippen LogP contribution in [-0.2, 0) is 21.4 Å². The fraction of sp³-hybridized carbons (Fsp3) is 0.450. The van der Waals surface area contributed by atoms with Crippen molar-refractivity contribution in [2.75, 3.05) is 0 Å². The lowest BCUT2D eigenvalue weighted by Crippen LogP contribution is -2.39. The van der Waals surface area contributed by atoms with Gasteiger partial charge in [-0.15, -0.1) is 11.3 Å².